The van der Waals surface area contributed by atoms with Crippen LogP contribution in [0.3, 0.4) is 0 Å². The Hall–Kier alpha value is -8.00. The number of aromatic carboxylic acids is 1. The highest BCUT2D eigenvalue weighted by atomic mass is 16.5. The van der Waals surface area contributed by atoms with Crippen molar-refractivity contribution in [3.05, 3.63) is 136 Å². The van der Waals surface area contributed by atoms with E-state index in [1.807, 2.05) is 100.0 Å². The zero-order valence-corrected chi connectivity index (χ0v) is 46.4. The van der Waals surface area contributed by atoms with Crippen molar-refractivity contribution in [2.75, 3.05) is 82.6 Å². The number of anilines is 2. The summed E-state index contributed by atoms with van der Waals surface area (Å²) in [6, 6.07) is 24.3. The van der Waals surface area contributed by atoms with Gasteiger partial charge < -0.3 is 50.2 Å². The molecule has 4 amide bonds. The van der Waals surface area contributed by atoms with Crippen molar-refractivity contribution >= 4 is 46.7 Å². The second kappa shape index (κ2) is 28.2. The van der Waals surface area contributed by atoms with Crippen LogP contribution in [-0.4, -0.2) is 128 Å². The van der Waals surface area contributed by atoms with Gasteiger partial charge in [-0.25, -0.2) is 9.48 Å². The molecule has 2 atom stereocenters. The number of para-hydroxylation sites is 1. The zero-order valence-electron chi connectivity index (χ0n) is 46.4. The molecule has 1 aliphatic carbocycles. The number of carboxylic acids is 1. The molecule has 5 N–H and O–H groups in total. The predicted molar refractivity (Wildman–Crippen MR) is 306 cm³/mol. The first-order chi connectivity index (χ1) is 38.9. The fourth-order valence-electron chi connectivity index (χ4n) is 10.3. The summed E-state index contributed by atoms with van der Waals surface area (Å²) in [6.07, 6.45) is 5.88. The van der Waals surface area contributed by atoms with E-state index in [2.05, 4.69) is 48.7 Å². The van der Waals surface area contributed by atoms with E-state index in [4.69, 9.17) is 18.9 Å². The fourth-order valence-corrected chi connectivity index (χ4v) is 10.3. The number of amides is 4. The number of benzene rings is 4. The Bertz CT molecular complexity index is 3150. The number of ether oxygens (including phenoxy) is 4. The average molecular weight is 1090 g/mol. The quantitative estimate of drug-likeness (QED) is 0.0314. The van der Waals surface area contributed by atoms with Crippen molar-refractivity contribution in [2.24, 2.45) is 10.9 Å². The first-order valence-corrected chi connectivity index (χ1v) is 27.7. The lowest BCUT2D eigenvalue weighted by Crippen LogP contribution is -2.34. The third-order valence-electron chi connectivity index (χ3n) is 14.1. The minimum Gasteiger partial charge on any atom is -0.478 e. The molecule has 19 nitrogen and oxygen atoms in total. The SMILES string of the molecule is CCCNC(=O)CCCn1nnc2c1-c1ccccc1CN(C(=O)CCC(=O)NCCOCCOCCOCCNC(=O)c1ccc(C3c4cc(C)c(NCC)cc4OC4=CC(=NCC)C(C)=CC43)c(C(=O)O)c1)c1ccccc1-2. The number of aliphatic imine (C=N–C) groups is 1. The van der Waals surface area contributed by atoms with Crippen LogP contribution in [0, 0.1) is 12.8 Å². The Morgan fingerprint density at radius 1 is 0.775 bits per heavy atom. The van der Waals surface area contributed by atoms with Crippen molar-refractivity contribution in [2.45, 2.75) is 85.7 Å². The summed E-state index contributed by atoms with van der Waals surface area (Å²) in [5.41, 5.74) is 10.2. The van der Waals surface area contributed by atoms with Gasteiger partial charge in [0.25, 0.3) is 5.91 Å². The lowest BCUT2D eigenvalue weighted by atomic mass is 9.73. The number of hydrogen-bond donors (Lipinski definition) is 5. The van der Waals surface area contributed by atoms with Crippen LogP contribution in [-0.2, 0) is 41.7 Å². The number of aryl methyl sites for hydroxylation is 2. The van der Waals surface area contributed by atoms with Gasteiger partial charge in [-0.3, -0.25) is 24.2 Å². The molecule has 1 aromatic heterocycles. The zero-order chi connectivity index (χ0) is 56.5. The summed E-state index contributed by atoms with van der Waals surface area (Å²) in [5.74, 6) is -1.37. The van der Waals surface area contributed by atoms with Gasteiger partial charge in [0.05, 0.1) is 68.8 Å². The second-order valence-electron chi connectivity index (χ2n) is 19.8. The van der Waals surface area contributed by atoms with Crippen molar-refractivity contribution in [3.63, 3.8) is 0 Å². The molecule has 3 aliphatic rings. The molecule has 0 spiro atoms. The van der Waals surface area contributed by atoms with Crippen LogP contribution >= 0.6 is 0 Å². The van der Waals surface area contributed by atoms with Gasteiger partial charge in [-0.1, -0.05) is 66.7 Å². The number of rotatable bonds is 27. The second-order valence-corrected chi connectivity index (χ2v) is 19.8. The van der Waals surface area contributed by atoms with E-state index in [0.717, 1.165) is 63.4 Å². The van der Waals surface area contributed by atoms with Crippen LogP contribution in [0.4, 0.5) is 11.4 Å². The fraction of sp³-hybridized carbons (Fsp3) is 0.410. The molecule has 0 saturated carbocycles. The van der Waals surface area contributed by atoms with E-state index < -0.39 is 17.8 Å². The molecular formula is C61H73N9O10. The molecule has 0 bridgehead atoms. The topological polar surface area (TPSA) is 237 Å². The average Bonchev–Trinajstić information content (AvgIpc) is 3.97. The maximum Gasteiger partial charge on any atom is 0.336 e. The first-order valence-electron chi connectivity index (χ1n) is 27.7. The molecule has 0 saturated heterocycles. The van der Waals surface area contributed by atoms with Gasteiger partial charge in [-0.15, -0.1) is 5.10 Å². The highest BCUT2D eigenvalue weighted by Gasteiger charge is 2.40. The molecule has 4 aromatic carbocycles. The van der Waals surface area contributed by atoms with E-state index in [1.54, 1.807) is 17.0 Å². The molecule has 0 fully saturated rings. The minimum absolute atomic E-state index is 0.00318. The Balaban J connectivity index is 0.735. The van der Waals surface area contributed by atoms with E-state index in [-0.39, 0.29) is 87.1 Å². The van der Waals surface area contributed by atoms with Crippen LogP contribution in [0.1, 0.15) is 109 Å². The maximum absolute atomic E-state index is 14.0. The minimum atomic E-state index is -1.14. The van der Waals surface area contributed by atoms with Gasteiger partial charge in [-0.05, 0) is 87.1 Å². The highest BCUT2D eigenvalue weighted by Crippen LogP contribution is 2.50. The Morgan fingerprint density at radius 2 is 1.48 bits per heavy atom. The number of carboxylic acid groups (broad SMARTS) is 1. The normalized spacial score (nSPS) is 15.6. The summed E-state index contributed by atoms with van der Waals surface area (Å²) >= 11 is 0. The third-order valence-corrected chi connectivity index (χ3v) is 14.1. The molecule has 3 heterocycles. The van der Waals surface area contributed by atoms with Gasteiger partial charge in [0.15, 0.2) is 0 Å². The van der Waals surface area contributed by atoms with Crippen LogP contribution in [0.15, 0.2) is 107 Å². The Morgan fingerprint density at radius 3 is 2.21 bits per heavy atom. The molecular weight excluding hydrogens is 1020 g/mol. The van der Waals surface area contributed by atoms with Gasteiger partial charge in [0, 0.05) is 110 Å². The standard InChI is InChI=1S/C61H73N9O10/c1-6-23-64-54(71)18-13-26-70-59-43-15-10-9-14-42(43)38-69(51-17-12-11-16-45(51)58(59)67-68-70)56(73)22-21-55(72)65-24-27-77-29-31-79-32-30-78-28-25-66-60(74)41-19-20-44(46(35-41)61(75)76)57-47-33-39(4)49(62-7-2)36-52(47)80-53-37-50(63-8-3)40(5)34-48(53)57/h9-12,14-17,19-20,33-37,47,57,63H,6-8,13,18,21-32,38H2,1-5H3,(H,64,71)(H,65,72)(H,66,74)(H,75,76). The van der Waals surface area contributed by atoms with E-state index in [0.29, 0.717) is 80.8 Å². The monoisotopic (exact) mass is 1090 g/mol. The number of hydrogen-bond acceptors (Lipinski definition) is 13. The molecule has 0 radical (unpaired) electrons. The summed E-state index contributed by atoms with van der Waals surface area (Å²) in [7, 11) is 0. The molecule has 422 valence electrons. The number of nitrogens with one attached hydrogen (secondary N) is 4. The number of nitrogens with zero attached hydrogens (tertiary/aromatic N) is 5. The molecule has 5 aromatic rings. The van der Waals surface area contributed by atoms with Crippen molar-refractivity contribution in [1.82, 2.24) is 30.9 Å². The summed E-state index contributed by atoms with van der Waals surface area (Å²) in [4.78, 5) is 71.8. The molecule has 2 aliphatic heterocycles. The summed E-state index contributed by atoms with van der Waals surface area (Å²) < 4.78 is 25.3. The van der Waals surface area contributed by atoms with Gasteiger partial charge >= 0.3 is 5.97 Å². The predicted octanol–water partition coefficient (Wildman–Crippen LogP) is 8.02. The van der Waals surface area contributed by atoms with Crippen molar-refractivity contribution in [1.29, 1.82) is 0 Å². The smallest absolute Gasteiger partial charge is 0.336 e. The maximum atomic E-state index is 14.0. The van der Waals surface area contributed by atoms with Gasteiger partial charge in [0.2, 0.25) is 17.7 Å². The van der Waals surface area contributed by atoms with Gasteiger partial charge in [-0.2, -0.15) is 0 Å². The summed E-state index contributed by atoms with van der Waals surface area (Å²) in [5, 5.41) is 31.7. The number of carbonyl (C=O) groups is 5. The highest BCUT2D eigenvalue weighted by molar-refractivity contribution is 6.09. The van der Waals surface area contributed by atoms with Crippen LogP contribution < -0.4 is 30.9 Å². The van der Waals surface area contributed by atoms with E-state index >= 15 is 0 Å². The number of allylic oxidation sites excluding steroid dienone is 3. The largest absolute Gasteiger partial charge is 0.478 e. The number of aromatic nitrogens is 3. The molecule has 19 heteroatoms. The molecule has 8 rings (SSSR count). The van der Waals surface area contributed by atoms with Gasteiger partial charge in [0.1, 0.15) is 17.2 Å². The lowest BCUT2D eigenvalue weighted by Gasteiger charge is -2.37. The van der Waals surface area contributed by atoms with Crippen molar-refractivity contribution < 1.29 is 48.0 Å². The van der Waals surface area contributed by atoms with E-state index in [9.17, 15) is 29.1 Å². The molecule has 2 unspecified atom stereocenters. The third kappa shape index (κ3) is 14.2. The Labute approximate surface area is 467 Å². The lowest BCUT2D eigenvalue weighted by molar-refractivity contribution is -0.125. The van der Waals surface area contributed by atoms with Crippen LogP contribution in [0.2, 0.25) is 0 Å². The van der Waals surface area contributed by atoms with Crippen LogP contribution in [0.5, 0.6) is 5.75 Å². The van der Waals surface area contributed by atoms with Crippen molar-refractivity contribution in [3.8, 4) is 28.3 Å². The number of carbonyl (C=O) groups excluding carboxylic acids is 4. The number of fused-ring (bicyclic) bond motifs is 7. The molecule has 80 heavy (non-hydrogen) atoms. The first kappa shape index (κ1) is 58.2. The summed E-state index contributed by atoms with van der Waals surface area (Å²) in [6.45, 7) is 14.9. The van der Waals surface area contributed by atoms with Crippen LogP contribution in [0.25, 0.3) is 22.5 Å². The van der Waals surface area contributed by atoms with E-state index in [1.165, 1.54) is 6.07 Å². The Kier molecular flexibility index (Phi) is 20.5.